The highest BCUT2D eigenvalue weighted by molar-refractivity contribution is 6.03. The number of hydrogen-bond donors (Lipinski definition) is 0. The van der Waals surface area contributed by atoms with Gasteiger partial charge in [0.2, 0.25) is 0 Å². The Morgan fingerprint density at radius 1 is 0.157 bits per heavy atom. The molecule has 12 aromatic carbocycles. The first kappa shape index (κ1) is 76.2. The Hall–Kier alpha value is -17.0. The summed E-state index contributed by atoms with van der Waals surface area (Å²) in [6.07, 6.45) is 35.0. The largest absolute Gasteiger partial charge is 0.294 e. The van der Waals surface area contributed by atoms with Crippen LogP contribution in [0.1, 0.15) is 178 Å². The van der Waals surface area contributed by atoms with E-state index in [4.69, 9.17) is 29.9 Å². The number of aromatic nitrogens is 8. The van der Waals surface area contributed by atoms with Gasteiger partial charge in [0, 0.05) is 107 Å². The van der Waals surface area contributed by atoms with Crippen molar-refractivity contribution in [2.24, 2.45) is 0 Å². The van der Waals surface area contributed by atoms with Gasteiger partial charge in [0.05, 0.1) is 51.7 Å². The average molecular weight is 1790 g/mol. The maximum absolute atomic E-state index is 4.86. The van der Waals surface area contributed by atoms with Crippen molar-refractivity contribution in [3.63, 3.8) is 0 Å². The summed E-state index contributed by atoms with van der Waals surface area (Å²) in [5, 5.41) is 0. The van der Waals surface area contributed by atoms with Gasteiger partial charge < -0.3 is 0 Å². The Labute approximate surface area is 809 Å². The quantitative estimate of drug-likeness (QED) is 0.144. The van der Waals surface area contributed by atoms with E-state index in [0.717, 1.165) is 138 Å². The van der Waals surface area contributed by atoms with Gasteiger partial charge in [-0.05, 0) is 416 Å². The van der Waals surface area contributed by atoms with Crippen molar-refractivity contribution in [2.45, 2.75) is 103 Å². The van der Waals surface area contributed by atoms with Crippen LogP contribution >= 0.6 is 0 Å². The van der Waals surface area contributed by atoms with Crippen LogP contribution in [0.2, 0.25) is 0 Å². The van der Waals surface area contributed by atoms with Crippen LogP contribution < -0.4 is 19.6 Å². The third-order valence-electron chi connectivity index (χ3n) is 33.5. The summed E-state index contributed by atoms with van der Waals surface area (Å²) in [6, 6.07) is 95.4. The van der Waals surface area contributed by atoms with E-state index in [1.807, 2.05) is 68.0 Å². The molecule has 8 aliphatic carbocycles. The van der Waals surface area contributed by atoms with E-state index in [0.29, 0.717) is 0 Å². The van der Waals surface area contributed by atoms with Gasteiger partial charge in [0.15, 0.2) is 0 Å². The summed E-state index contributed by atoms with van der Waals surface area (Å²) in [7, 11) is 0. The van der Waals surface area contributed by atoms with Crippen LogP contribution in [0, 0.1) is 0 Å². The Morgan fingerprint density at radius 2 is 0.436 bits per heavy atom. The van der Waals surface area contributed by atoms with Gasteiger partial charge >= 0.3 is 0 Å². The standard InChI is InChI=1S/4C32H21N3/c1-2-8-25-18(5-1)11-21-17-27-22(16-26(21)25)13-23-14-24-12-19-6-3-9-33-31(19)35-30(24)28(29(23)27)15-20-7-4-10-34-32(20)35;1-2-7-24-18(5-1)11-20-16-26-21(15-25(20)24)13-22-14-23-12-19-6-3-10-34-32(19)35-29-8-4-9-33-28(29)17-27(30(22)26)31(23)35;1-2-6-25-18(4-1)10-21-16-27-22(15-26(21)25)12-23-13-24-11-20-5-3-8-34-32(20)35-29-17-33-9-7-19(29)14-28(30(23)27)31(24)35;1-2-6-25-18(4-1)10-20-15-27-21(14-26(20)25)12-22-13-23-11-19-5-3-8-34-32(19)35-29-7-9-33-17-24(29)16-28(30(22)27)31(23)35/h1-10,14,16-17H,11-13,15H2;1-10,14-16H,11-13,17H2;1-9,13,15-17H,10-12,14H2;1-9,13-15,17H,10-12,16H2. The summed E-state index contributed by atoms with van der Waals surface area (Å²) in [5.74, 6) is 5.23. The SMILES string of the molecule is c1ccc2c(c1)Cc1cc3c(cc1-2)Cc1cc2c4c(c1-3)Cc1cccnc1N4c1ncccc1C2.c1ccc2c(c1)Cc1cc3c(cc1-2)Cc1cc2c4c(c1-3)Cc1ccncc1N4c1ncccc1C2.c1ccc2c(c1)Cc1cc3c(cc1-2)Cc1cc2c4c(c1-3)Cc1cnccc1N4c1ncccc1C2.c1ccc2c(c1)Cc1cc3c(cc1-2)Cc1cc2c4c(c1-3)Cc1ncccc1N4c1ncccc1C2. The van der Waals surface area contributed by atoms with E-state index in [2.05, 4.69) is 278 Å². The predicted octanol–water partition coefficient (Wildman–Crippen LogP) is 27.6. The van der Waals surface area contributed by atoms with E-state index < -0.39 is 0 Å². The highest BCUT2D eigenvalue weighted by Crippen LogP contribution is 2.63. The minimum atomic E-state index is 0.872. The number of benzene rings is 12. The zero-order chi connectivity index (χ0) is 90.7. The molecule has 0 bridgehead atoms. The Balaban J connectivity index is 0.0000000829. The minimum absolute atomic E-state index is 0.872. The average Bonchev–Trinajstić information content (AvgIpc) is 1.48. The van der Waals surface area contributed by atoms with Crippen LogP contribution in [0.5, 0.6) is 0 Å². The lowest BCUT2D eigenvalue weighted by molar-refractivity contribution is 0.949. The molecule has 20 aromatic rings. The lowest BCUT2D eigenvalue weighted by Crippen LogP contribution is -2.27. The molecule has 0 radical (unpaired) electrons. The van der Waals surface area contributed by atoms with Gasteiger partial charge in [-0.2, -0.15) is 0 Å². The second-order valence-corrected chi connectivity index (χ2v) is 41.0. The molecule has 8 aliphatic heterocycles. The predicted molar refractivity (Wildman–Crippen MR) is 555 cm³/mol. The first-order valence-corrected chi connectivity index (χ1v) is 49.7. The van der Waals surface area contributed by atoms with Gasteiger partial charge in [-0.15, -0.1) is 0 Å². The minimum Gasteiger partial charge on any atom is -0.294 e. The smallest absolute Gasteiger partial charge is 0.142 e. The number of pyridine rings is 8. The zero-order valence-corrected chi connectivity index (χ0v) is 76.7. The van der Waals surface area contributed by atoms with Gasteiger partial charge in [-0.1, -0.05) is 152 Å². The van der Waals surface area contributed by atoms with Crippen LogP contribution in [0.25, 0.3) is 89.0 Å². The summed E-state index contributed by atoms with van der Waals surface area (Å²) < 4.78 is 0. The fraction of sp³-hybridized carbons (Fsp3) is 0.125. The lowest BCUT2D eigenvalue weighted by atomic mass is 9.83. The molecule has 16 heterocycles. The van der Waals surface area contributed by atoms with E-state index in [-0.39, 0.29) is 0 Å². The fourth-order valence-corrected chi connectivity index (χ4v) is 28.0. The summed E-state index contributed by atoms with van der Waals surface area (Å²) >= 11 is 0. The van der Waals surface area contributed by atoms with Crippen molar-refractivity contribution in [1.29, 1.82) is 0 Å². The van der Waals surface area contributed by atoms with Crippen molar-refractivity contribution in [2.75, 3.05) is 19.6 Å². The molecule has 36 rings (SSSR count). The van der Waals surface area contributed by atoms with Crippen LogP contribution in [0.3, 0.4) is 0 Å². The monoisotopic (exact) mass is 1790 g/mol. The Bertz CT molecular complexity index is 8060. The third-order valence-corrected chi connectivity index (χ3v) is 33.5. The highest BCUT2D eigenvalue weighted by atomic mass is 15.3. The number of nitrogens with zero attached hydrogens (tertiary/aromatic N) is 12. The molecule has 0 N–H and O–H groups in total. The van der Waals surface area contributed by atoms with E-state index >= 15 is 0 Å². The molecule has 0 atom stereocenters. The van der Waals surface area contributed by atoms with Gasteiger partial charge in [0.25, 0.3) is 0 Å². The molecule has 12 nitrogen and oxygen atoms in total. The van der Waals surface area contributed by atoms with Crippen LogP contribution in [0.15, 0.2) is 317 Å². The number of hydrogen-bond acceptors (Lipinski definition) is 12. The summed E-state index contributed by atoms with van der Waals surface area (Å²) in [5.41, 5.74) is 76.8. The fourth-order valence-electron chi connectivity index (χ4n) is 28.0. The van der Waals surface area contributed by atoms with Gasteiger partial charge in [-0.3, -0.25) is 34.6 Å². The molecule has 0 fully saturated rings. The number of fused-ring (bicyclic) bond motifs is 44. The molecule has 0 spiro atoms. The maximum Gasteiger partial charge on any atom is 0.142 e. The molecule has 8 aromatic heterocycles. The van der Waals surface area contributed by atoms with Crippen LogP contribution in [-0.4, -0.2) is 39.9 Å². The number of rotatable bonds is 0. The Kier molecular flexibility index (Phi) is 15.4. The van der Waals surface area contributed by atoms with Gasteiger partial charge in [-0.25, -0.2) is 24.9 Å². The summed E-state index contributed by atoms with van der Waals surface area (Å²) in [6.45, 7) is 0. The van der Waals surface area contributed by atoms with Crippen molar-refractivity contribution in [3.05, 3.63) is 495 Å². The molecular formula is C128H84N12. The highest BCUT2D eigenvalue weighted by Gasteiger charge is 2.45. The number of anilines is 12. The molecule has 140 heavy (non-hydrogen) atoms. The van der Waals surface area contributed by atoms with Crippen LogP contribution in [0.4, 0.5) is 68.9 Å². The van der Waals surface area contributed by atoms with Gasteiger partial charge in [0.1, 0.15) is 29.1 Å². The molecule has 0 saturated carbocycles. The second-order valence-electron chi connectivity index (χ2n) is 41.0. The first-order valence-electron chi connectivity index (χ1n) is 49.7. The topological polar surface area (TPSA) is 116 Å². The third kappa shape index (κ3) is 10.7. The molecule has 0 amide bonds. The van der Waals surface area contributed by atoms with E-state index in [1.54, 1.807) is 0 Å². The molecule has 16 aliphatic rings. The summed E-state index contributed by atoms with van der Waals surface area (Å²) in [4.78, 5) is 47.6. The molecule has 0 saturated heterocycles. The lowest BCUT2D eigenvalue weighted by Gasteiger charge is -2.39. The van der Waals surface area contributed by atoms with E-state index in [1.165, 1.54) is 301 Å². The van der Waals surface area contributed by atoms with Crippen molar-refractivity contribution in [3.8, 4) is 89.0 Å². The van der Waals surface area contributed by atoms with Crippen molar-refractivity contribution >= 4 is 68.9 Å². The Morgan fingerprint density at radius 3 is 0.843 bits per heavy atom. The molecule has 656 valence electrons. The van der Waals surface area contributed by atoms with Crippen molar-refractivity contribution < 1.29 is 0 Å². The maximum atomic E-state index is 4.86. The molecule has 0 unspecified atom stereocenters. The van der Waals surface area contributed by atoms with Crippen molar-refractivity contribution in [1.82, 2.24) is 39.9 Å². The second kappa shape index (κ2) is 28.4. The molecule has 12 heteroatoms. The first-order chi connectivity index (χ1) is 69.3. The zero-order valence-electron chi connectivity index (χ0n) is 76.7. The van der Waals surface area contributed by atoms with Crippen LogP contribution in [-0.2, 0) is 103 Å². The normalized spacial score (nSPS) is 14.9. The molecular weight excluding hydrogens is 1710 g/mol. The van der Waals surface area contributed by atoms with E-state index in [9.17, 15) is 0 Å².